The lowest BCUT2D eigenvalue weighted by Gasteiger charge is -2.25. The highest BCUT2D eigenvalue weighted by atomic mass is 79.9. The second-order valence-electron chi connectivity index (χ2n) is 7.29. The van der Waals surface area contributed by atoms with E-state index in [1.807, 2.05) is 0 Å². The van der Waals surface area contributed by atoms with Crippen molar-refractivity contribution in [3.63, 3.8) is 0 Å². The van der Waals surface area contributed by atoms with Gasteiger partial charge in [0, 0.05) is 66.9 Å². The average molecular weight is 499 g/mol. The quantitative estimate of drug-likeness (QED) is 0.464. The lowest BCUT2D eigenvalue weighted by Crippen LogP contribution is -2.38. The molecule has 10 heteroatoms. The van der Waals surface area contributed by atoms with E-state index in [0.717, 1.165) is 10.3 Å². The summed E-state index contributed by atoms with van der Waals surface area (Å²) in [4.78, 5) is 36.4. The van der Waals surface area contributed by atoms with Crippen LogP contribution in [-0.2, 0) is 20.6 Å². The zero-order chi connectivity index (χ0) is 23.2. The lowest BCUT2D eigenvalue weighted by atomic mass is 9.96. The Balaban J connectivity index is 2.24. The first kappa shape index (κ1) is 21.8. The maximum Gasteiger partial charge on any atom is 0.332 e. The molecule has 0 radical (unpaired) electrons. The molecule has 0 spiro atoms. The van der Waals surface area contributed by atoms with Crippen LogP contribution in [0.3, 0.4) is 0 Å². The highest BCUT2D eigenvalue weighted by molar-refractivity contribution is 9.10. The molecule has 32 heavy (non-hydrogen) atoms. The number of benzene rings is 1. The Labute approximate surface area is 190 Å². The first-order chi connectivity index (χ1) is 15.3. The fourth-order valence-electron chi connectivity index (χ4n) is 3.76. The Morgan fingerprint density at radius 3 is 2.47 bits per heavy atom. The minimum atomic E-state index is -0.533. The fraction of sp³-hybridized carbons (Fsp3) is 0.182. The van der Waals surface area contributed by atoms with Gasteiger partial charge in [0.2, 0.25) is 0 Å². The molecule has 0 fully saturated rings. The van der Waals surface area contributed by atoms with Gasteiger partial charge in [-0.05, 0) is 30.3 Å². The number of rotatable bonds is 4. The molecule has 8 nitrogen and oxygen atoms in total. The monoisotopic (exact) mass is 498 g/mol. The van der Waals surface area contributed by atoms with Crippen molar-refractivity contribution in [3.05, 3.63) is 79.4 Å². The molecule has 1 aromatic carbocycles. The van der Waals surface area contributed by atoms with Gasteiger partial charge in [-0.1, -0.05) is 15.9 Å². The molecule has 0 saturated carbocycles. The summed E-state index contributed by atoms with van der Waals surface area (Å²) >= 11 is 3.47. The molecule has 0 amide bonds. The summed E-state index contributed by atoms with van der Waals surface area (Å²) in [5.41, 5.74) is 7.49. The van der Waals surface area contributed by atoms with Crippen molar-refractivity contribution in [2.75, 3.05) is 11.9 Å². The van der Waals surface area contributed by atoms with Gasteiger partial charge in [-0.15, -0.1) is 0 Å². The minimum absolute atomic E-state index is 0.0258. The first-order valence-corrected chi connectivity index (χ1v) is 10.5. The number of hydrogen-bond acceptors (Lipinski definition) is 6. The van der Waals surface area contributed by atoms with Crippen molar-refractivity contribution in [2.45, 2.75) is 6.54 Å². The molecule has 0 aliphatic carbocycles. The van der Waals surface area contributed by atoms with Crippen molar-refractivity contribution >= 4 is 38.5 Å². The van der Waals surface area contributed by atoms with Crippen molar-refractivity contribution in [1.82, 2.24) is 19.1 Å². The van der Waals surface area contributed by atoms with Crippen LogP contribution < -0.4 is 21.9 Å². The molecule has 0 bridgehead atoms. The summed E-state index contributed by atoms with van der Waals surface area (Å²) in [5.74, 6) is -0.0255. The average Bonchev–Trinajstić information content (AvgIpc) is 2.81. The molecule has 2 N–H and O–H groups in total. The van der Waals surface area contributed by atoms with E-state index < -0.39 is 17.1 Å². The van der Waals surface area contributed by atoms with Crippen LogP contribution >= 0.6 is 15.9 Å². The van der Waals surface area contributed by atoms with E-state index in [1.54, 1.807) is 49.6 Å². The summed E-state index contributed by atoms with van der Waals surface area (Å²) in [7, 11) is 4.74. The third-order valence-corrected chi connectivity index (χ3v) is 6.13. The number of aromatic nitrogens is 4. The standard InChI is InChI=1S/C22H20BrFN6O2/c1-28(13-6-8-26-9-7-13)19-15(11-25)17(14-10-12(24)4-5-16(14)23)18-20(27-19)29(2)22(32)30(3)21(18)31/h4-10H,11,25H2,1-3H3. The third kappa shape index (κ3) is 3.41. The van der Waals surface area contributed by atoms with Crippen molar-refractivity contribution < 1.29 is 4.39 Å². The first-order valence-electron chi connectivity index (χ1n) is 9.68. The van der Waals surface area contributed by atoms with Gasteiger partial charge in [0.1, 0.15) is 11.6 Å². The van der Waals surface area contributed by atoms with Gasteiger partial charge in [-0.3, -0.25) is 18.9 Å². The number of hydrogen-bond donors (Lipinski definition) is 1. The highest BCUT2D eigenvalue weighted by Crippen LogP contribution is 2.39. The highest BCUT2D eigenvalue weighted by Gasteiger charge is 2.25. The lowest BCUT2D eigenvalue weighted by molar-refractivity contribution is 0.628. The molecule has 0 saturated heterocycles. The minimum Gasteiger partial charge on any atom is -0.329 e. The predicted octanol–water partition coefficient (Wildman–Crippen LogP) is 2.82. The van der Waals surface area contributed by atoms with E-state index in [4.69, 9.17) is 5.73 Å². The number of fused-ring (bicyclic) bond motifs is 1. The van der Waals surface area contributed by atoms with Gasteiger partial charge in [-0.2, -0.15) is 0 Å². The number of aryl methyl sites for hydroxylation is 1. The second kappa shape index (κ2) is 8.29. The van der Waals surface area contributed by atoms with Crippen LogP contribution in [0.4, 0.5) is 15.9 Å². The zero-order valence-electron chi connectivity index (χ0n) is 17.6. The molecule has 3 heterocycles. The van der Waals surface area contributed by atoms with Gasteiger partial charge in [0.25, 0.3) is 5.56 Å². The number of halogens is 2. The molecular weight excluding hydrogens is 479 g/mol. The van der Waals surface area contributed by atoms with Gasteiger partial charge >= 0.3 is 5.69 Å². The van der Waals surface area contributed by atoms with Crippen LogP contribution in [0, 0.1) is 5.82 Å². The summed E-state index contributed by atoms with van der Waals surface area (Å²) < 4.78 is 17.2. The Hall–Kier alpha value is -3.37. The summed E-state index contributed by atoms with van der Waals surface area (Å²) in [5, 5.41) is 0.188. The topological polar surface area (TPSA) is 99.0 Å². The zero-order valence-corrected chi connectivity index (χ0v) is 19.2. The third-order valence-electron chi connectivity index (χ3n) is 5.44. The van der Waals surface area contributed by atoms with Gasteiger partial charge in [0.05, 0.1) is 5.39 Å². The Morgan fingerprint density at radius 1 is 1.12 bits per heavy atom. The number of nitrogens with zero attached hydrogens (tertiary/aromatic N) is 5. The molecule has 0 aliphatic heterocycles. The van der Waals surface area contributed by atoms with Crippen LogP contribution in [-0.4, -0.2) is 26.1 Å². The van der Waals surface area contributed by atoms with Crippen LogP contribution in [0.25, 0.3) is 22.2 Å². The molecule has 0 unspecified atom stereocenters. The Bertz CT molecular complexity index is 1470. The van der Waals surface area contributed by atoms with Crippen LogP contribution in [0.15, 0.2) is 56.8 Å². The number of nitrogens with two attached hydrogens (primary N) is 1. The number of pyridine rings is 2. The number of anilines is 2. The van der Waals surface area contributed by atoms with Crippen LogP contribution in [0.1, 0.15) is 5.56 Å². The summed E-state index contributed by atoms with van der Waals surface area (Å²) in [6, 6.07) is 7.81. The van der Waals surface area contributed by atoms with Gasteiger partial charge in [0.15, 0.2) is 5.65 Å². The van der Waals surface area contributed by atoms with Crippen molar-refractivity contribution in [3.8, 4) is 11.1 Å². The van der Waals surface area contributed by atoms with Crippen LogP contribution in [0.5, 0.6) is 0 Å². The van der Waals surface area contributed by atoms with E-state index in [0.29, 0.717) is 27.0 Å². The maximum atomic E-state index is 14.3. The van der Waals surface area contributed by atoms with E-state index in [1.165, 1.54) is 23.7 Å². The normalized spacial score (nSPS) is 11.2. The second-order valence-corrected chi connectivity index (χ2v) is 8.14. The van der Waals surface area contributed by atoms with E-state index in [-0.39, 0.29) is 17.6 Å². The van der Waals surface area contributed by atoms with Crippen LogP contribution in [0.2, 0.25) is 0 Å². The molecular formula is C22H20BrFN6O2. The Morgan fingerprint density at radius 2 is 1.81 bits per heavy atom. The van der Waals surface area contributed by atoms with E-state index >= 15 is 0 Å². The molecule has 3 aromatic heterocycles. The molecule has 4 rings (SSSR count). The maximum absolute atomic E-state index is 14.3. The predicted molar refractivity (Wildman–Crippen MR) is 126 cm³/mol. The fourth-order valence-corrected chi connectivity index (χ4v) is 4.21. The van der Waals surface area contributed by atoms with E-state index in [2.05, 4.69) is 25.9 Å². The molecule has 164 valence electrons. The van der Waals surface area contributed by atoms with Gasteiger partial charge in [-0.25, -0.2) is 14.2 Å². The summed E-state index contributed by atoms with van der Waals surface area (Å²) in [6.45, 7) is 0.0258. The van der Waals surface area contributed by atoms with Crippen molar-refractivity contribution in [1.29, 1.82) is 0 Å². The molecule has 0 atom stereocenters. The molecule has 4 aromatic rings. The summed E-state index contributed by atoms with van der Waals surface area (Å²) in [6.07, 6.45) is 3.29. The van der Waals surface area contributed by atoms with Gasteiger partial charge < -0.3 is 10.6 Å². The molecule has 0 aliphatic rings. The van der Waals surface area contributed by atoms with E-state index in [9.17, 15) is 14.0 Å². The smallest absolute Gasteiger partial charge is 0.329 e. The SMILES string of the molecule is CN(c1ccncc1)c1nc2c(c(-c3cc(F)ccc3Br)c1CN)c(=O)n(C)c(=O)n2C. The largest absolute Gasteiger partial charge is 0.332 e. The Kier molecular flexibility index (Phi) is 5.66. The van der Waals surface area contributed by atoms with Crippen molar-refractivity contribution in [2.24, 2.45) is 19.8 Å².